The number of esters is 1. The highest BCUT2D eigenvalue weighted by Gasteiger charge is 2.38. The molecule has 0 radical (unpaired) electrons. The number of halogens is 2. The number of benzene rings is 4. The van der Waals surface area contributed by atoms with E-state index >= 15 is 0 Å². The fourth-order valence-electron chi connectivity index (χ4n) is 4.60. The Labute approximate surface area is 236 Å². The lowest BCUT2D eigenvalue weighted by molar-refractivity contribution is -0.151. The zero-order valence-corrected chi connectivity index (χ0v) is 22.4. The predicted octanol–water partition coefficient (Wildman–Crippen LogP) is 7.06. The summed E-state index contributed by atoms with van der Waals surface area (Å²) >= 11 is 11.8. The van der Waals surface area contributed by atoms with Crippen molar-refractivity contribution in [3.63, 3.8) is 0 Å². The minimum absolute atomic E-state index is 0.00415. The Morgan fingerprint density at radius 3 is 2.38 bits per heavy atom. The first-order valence-electron chi connectivity index (χ1n) is 12.5. The van der Waals surface area contributed by atoms with Crippen LogP contribution in [0.4, 0.5) is 5.69 Å². The highest BCUT2D eigenvalue weighted by Crippen LogP contribution is 2.32. The summed E-state index contributed by atoms with van der Waals surface area (Å²) in [6.07, 6.45) is -0.876. The van der Waals surface area contributed by atoms with Crippen molar-refractivity contribution in [1.82, 2.24) is 0 Å². The molecule has 1 amide bonds. The number of Topliss-reactive ketones (excluding diaryl/α,β-unsaturated/α-hetero) is 1. The van der Waals surface area contributed by atoms with E-state index in [1.165, 1.54) is 0 Å². The van der Waals surface area contributed by atoms with Gasteiger partial charge in [-0.2, -0.15) is 0 Å². The second kappa shape index (κ2) is 11.9. The molecule has 39 heavy (non-hydrogen) atoms. The number of ether oxygens (including phenoxy) is 2. The molecule has 1 aliphatic heterocycles. The highest BCUT2D eigenvalue weighted by atomic mass is 35.5. The molecule has 6 nitrogen and oxygen atoms in total. The molecule has 4 aromatic rings. The Kier molecular flexibility index (Phi) is 8.15. The van der Waals surface area contributed by atoms with Crippen molar-refractivity contribution < 1.29 is 23.9 Å². The summed E-state index contributed by atoms with van der Waals surface area (Å²) < 4.78 is 11.7. The smallest absolute Gasteiger partial charge is 0.312 e. The third kappa shape index (κ3) is 6.08. The van der Waals surface area contributed by atoms with Gasteiger partial charge in [-0.1, -0.05) is 48.0 Å². The van der Waals surface area contributed by atoms with Crippen LogP contribution in [0.25, 0.3) is 10.8 Å². The lowest BCUT2D eigenvalue weighted by Gasteiger charge is -2.19. The number of alkyl halides is 1. The van der Waals surface area contributed by atoms with Gasteiger partial charge in [-0.15, -0.1) is 11.6 Å². The number of hydrogen-bond acceptors (Lipinski definition) is 5. The van der Waals surface area contributed by atoms with E-state index in [1.807, 2.05) is 42.5 Å². The summed E-state index contributed by atoms with van der Waals surface area (Å²) in [5, 5.41) is 2.58. The Morgan fingerprint density at radius 1 is 0.923 bits per heavy atom. The van der Waals surface area contributed by atoms with Gasteiger partial charge < -0.3 is 14.4 Å². The van der Waals surface area contributed by atoms with Gasteiger partial charge in [-0.25, -0.2) is 0 Å². The fraction of sp³-hybridized carbons (Fsp3) is 0.194. The lowest BCUT2D eigenvalue weighted by atomic mass is 10.0. The maximum Gasteiger partial charge on any atom is 0.312 e. The van der Waals surface area contributed by atoms with E-state index < -0.39 is 18.0 Å². The third-order valence-corrected chi connectivity index (χ3v) is 7.11. The van der Waals surface area contributed by atoms with Crippen molar-refractivity contribution >= 4 is 57.3 Å². The van der Waals surface area contributed by atoms with Gasteiger partial charge in [-0.3, -0.25) is 14.4 Å². The SMILES string of the molecule is O=C(O[C@H](CCCl)C(=O)c1ccc(Cl)cc1)[C@H]1CC(=O)N(c2ccc(Oc3cccc4ccccc34)cc2)C1. The summed E-state index contributed by atoms with van der Waals surface area (Å²) in [6, 6.07) is 27.3. The second-order valence-electron chi connectivity index (χ2n) is 9.25. The molecule has 1 aliphatic rings. The van der Waals surface area contributed by atoms with Crippen LogP contribution in [0.2, 0.25) is 5.02 Å². The minimum Gasteiger partial charge on any atom is -0.457 e. The van der Waals surface area contributed by atoms with Crippen LogP contribution in [0, 0.1) is 5.92 Å². The molecule has 1 heterocycles. The quantitative estimate of drug-likeness (QED) is 0.124. The second-order valence-corrected chi connectivity index (χ2v) is 10.1. The average molecular weight is 562 g/mol. The van der Waals surface area contributed by atoms with Crippen molar-refractivity contribution in [2.45, 2.75) is 18.9 Å². The summed E-state index contributed by atoms with van der Waals surface area (Å²) in [7, 11) is 0. The molecule has 0 aromatic heterocycles. The van der Waals surface area contributed by atoms with Crippen LogP contribution < -0.4 is 9.64 Å². The van der Waals surface area contributed by atoms with Crippen molar-refractivity contribution in [3.05, 3.63) is 102 Å². The summed E-state index contributed by atoms with van der Waals surface area (Å²) in [5.41, 5.74) is 1.02. The maximum absolute atomic E-state index is 13.0. The van der Waals surface area contributed by atoms with E-state index in [9.17, 15) is 14.4 Å². The van der Waals surface area contributed by atoms with Gasteiger partial charge in [0.2, 0.25) is 11.7 Å². The molecule has 0 saturated carbocycles. The fourth-order valence-corrected chi connectivity index (χ4v) is 4.92. The monoisotopic (exact) mass is 561 g/mol. The van der Waals surface area contributed by atoms with Gasteiger partial charge in [-0.05, 0) is 60.0 Å². The Balaban J connectivity index is 1.24. The van der Waals surface area contributed by atoms with E-state index in [1.54, 1.807) is 53.4 Å². The number of carbonyl (C=O) groups is 3. The average Bonchev–Trinajstić information content (AvgIpc) is 3.35. The van der Waals surface area contributed by atoms with Gasteiger partial charge in [0.1, 0.15) is 11.5 Å². The molecule has 0 spiro atoms. The zero-order chi connectivity index (χ0) is 27.4. The number of nitrogens with zero attached hydrogens (tertiary/aromatic N) is 1. The Bertz CT molecular complexity index is 1500. The Morgan fingerprint density at radius 2 is 1.64 bits per heavy atom. The van der Waals surface area contributed by atoms with E-state index in [0.29, 0.717) is 22.0 Å². The van der Waals surface area contributed by atoms with Crippen molar-refractivity contribution in [3.8, 4) is 11.5 Å². The molecule has 0 bridgehead atoms. The minimum atomic E-state index is -1.04. The molecule has 1 fully saturated rings. The molecule has 0 unspecified atom stereocenters. The molecule has 8 heteroatoms. The number of hydrogen-bond donors (Lipinski definition) is 0. The van der Waals surface area contributed by atoms with Crippen molar-refractivity contribution in [2.24, 2.45) is 5.92 Å². The van der Waals surface area contributed by atoms with Gasteiger partial charge in [0.05, 0.1) is 5.92 Å². The van der Waals surface area contributed by atoms with Crippen LogP contribution in [0.5, 0.6) is 11.5 Å². The van der Waals surface area contributed by atoms with Crippen LogP contribution >= 0.6 is 23.2 Å². The van der Waals surface area contributed by atoms with Crippen LogP contribution in [0.1, 0.15) is 23.2 Å². The maximum atomic E-state index is 13.0. The molecule has 2 atom stereocenters. The summed E-state index contributed by atoms with van der Waals surface area (Å²) in [4.78, 5) is 40.2. The summed E-state index contributed by atoms with van der Waals surface area (Å²) in [5.74, 6) is -0.344. The first-order chi connectivity index (χ1) is 18.9. The van der Waals surface area contributed by atoms with Crippen LogP contribution in [0.3, 0.4) is 0 Å². The molecule has 198 valence electrons. The van der Waals surface area contributed by atoms with E-state index in [0.717, 1.165) is 16.5 Å². The van der Waals surface area contributed by atoms with Crippen LogP contribution in [-0.4, -0.2) is 36.2 Å². The first-order valence-corrected chi connectivity index (χ1v) is 13.5. The zero-order valence-electron chi connectivity index (χ0n) is 20.9. The van der Waals surface area contributed by atoms with Crippen LogP contribution in [-0.2, 0) is 14.3 Å². The normalized spacial score (nSPS) is 15.8. The standard InChI is InChI=1S/C31H25Cl2NO5/c32-17-16-28(30(36)21-8-10-23(33)11-9-21)39-31(37)22-18-29(35)34(19-22)24-12-14-25(15-13-24)38-27-7-3-5-20-4-1-2-6-26(20)27/h1-15,22,28H,16-19H2/t22-,28+/m0/s1. The summed E-state index contributed by atoms with van der Waals surface area (Å²) in [6.45, 7) is 0.157. The van der Waals surface area contributed by atoms with Gasteiger partial charge in [0.15, 0.2) is 6.10 Å². The number of ketones is 1. The number of carbonyl (C=O) groups excluding carboxylic acids is 3. The number of amides is 1. The number of rotatable bonds is 9. The molecule has 0 N–H and O–H groups in total. The van der Waals surface area contributed by atoms with Gasteiger partial charge in [0.25, 0.3) is 0 Å². The number of fused-ring (bicyclic) bond motifs is 1. The van der Waals surface area contributed by atoms with E-state index in [4.69, 9.17) is 32.7 Å². The Hall–Kier alpha value is -3.87. The van der Waals surface area contributed by atoms with Gasteiger partial charge in [0, 0.05) is 46.9 Å². The van der Waals surface area contributed by atoms with E-state index in [-0.39, 0.29) is 37.0 Å². The molecular weight excluding hydrogens is 537 g/mol. The molecule has 0 aliphatic carbocycles. The van der Waals surface area contributed by atoms with Crippen LogP contribution in [0.15, 0.2) is 91.0 Å². The first kappa shape index (κ1) is 26.7. The van der Waals surface area contributed by atoms with Gasteiger partial charge >= 0.3 is 5.97 Å². The molecule has 4 aromatic carbocycles. The highest BCUT2D eigenvalue weighted by molar-refractivity contribution is 6.30. The van der Waals surface area contributed by atoms with Crippen molar-refractivity contribution in [1.29, 1.82) is 0 Å². The lowest BCUT2D eigenvalue weighted by Crippen LogP contribution is -2.32. The molecule has 1 saturated heterocycles. The van der Waals surface area contributed by atoms with Crippen molar-refractivity contribution in [2.75, 3.05) is 17.3 Å². The third-order valence-electron chi connectivity index (χ3n) is 6.64. The largest absolute Gasteiger partial charge is 0.457 e. The topological polar surface area (TPSA) is 72.9 Å². The molecular formula is C31H25Cl2NO5. The number of anilines is 1. The molecule has 5 rings (SSSR count). The predicted molar refractivity (Wildman–Crippen MR) is 152 cm³/mol. The van der Waals surface area contributed by atoms with E-state index in [2.05, 4.69) is 0 Å².